The van der Waals surface area contributed by atoms with Crippen molar-refractivity contribution in [2.75, 3.05) is 40.0 Å². The fourth-order valence-corrected chi connectivity index (χ4v) is 3.58. The summed E-state index contributed by atoms with van der Waals surface area (Å²) in [5.74, 6) is -0.207. The normalized spacial score (nSPS) is 24.6. The molecule has 1 saturated carbocycles. The molecule has 0 spiro atoms. The highest BCUT2D eigenvalue weighted by Gasteiger charge is 2.36. The summed E-state index contributed by atoms with van der Waals surface area (Å²) < 4.78 is 24.4. The predicted octanol–water partition coefficient (Wildman–Crippen LogP) is 1.48. The Bertz CT molecular complexity index is 616. The fourth-order valence-electron chi connectivity index (χ4n) is 3.58. The van der Waals surface area contributed by atoms with Crippen LogP contribution in [0.3, 0.4) is 0 Å². The maximum atomic E-state index is 14.1. The van der Waals surface area contributed by atoms with E-state index in [4.69, 9.17) is 9.47 Å². The third-order valence-electron chi connectivity index (χ3n) is 5.23. The Balaban J connectivity index is 1.62. The first-order valence-corrected chi connectivity index (χ1v) is 9.17. The third kappa shape index (κ3) is 4.72. The lowest BCUT2D eigenvalue weighted by Crippen LogP contribution is -2.43. The number of rotatable bonds is 7. The van der Waals surface area contributed by atoms with Gasteiger partial charge in [0, 0.05) is 26.1 Å². The Kier molecular flexibility index (Phi) is 6.45. The monoisotopic (exact) mass is 366 g/mol. The minimum atomic E-state index is -0.447. The van der Waals surface area contributed by atoms with Gasteiger partial charge in [0.1, 0.15) is 0 Å². The van der Waals surface area contributed by atoms with Crippen molar-refractivity contribution in [1.82, 2.24) is 10.2 Å². The molecule has 2 fully saturated rings. The van der Waals surface area contributed by atoms with Crippen molar-refractivity contribution in [3.05, 3.63) is 29.6 Å². The van der Waals surface area contributed by atoms with E-state index in [1.807, 2.05) is 0 Å². The molecule has 0 bridgehead atoms. The number of hydrogen-bond donors (Lipinski definition) is 2. The second-order valence-corrected chi connectivity index (χ2v) is 7.03. The van der Waals surface area contributed by atoms with Crippen LogP contribution in [0.25, 0.3) is 0 Å². The van der Waals surface area contributed by atoms with Crippen molar-refractivity contribution in [2.24, 2.45) is 5.92 Å². The van der Waals surface area contributed by atoms with Crippen molar-refractivity contribution >= 4 is 5.91 Å². The van der Waals surface area contributed by atoms with Gasteiger partial charge in [-0.15, -0.1) is 0 Å². The van der Waals surface area contributed by atoms with E-state index in [1.165, 1.54) is 13.2 Å². The van der Waals surface area contributed by atoms with E-state index in [0.29, 0.717) is 44.6 Å². The van der Waals surface area contributed by atoms with Crippen LogP contribution in [0.4, 0.5) is 4.39 Å². The molecule has 1 amide bonds. The van der Waals surface area contributed by atoms with Crippen molar-refractivity contribution in [3.63, 3.8) is 0 Å². The molecule has 1 atom stereocenters. The summed E-state index contributed by atoms with van der Waals surface area (Å²) in [6.45, 7) is 3.78. The number of hydrogen-bond acceptors (Lipinski definition) is 5. The van der Waals surface area contributed by atoms with Crippen LogP contribution in [0.1, 0.15) is 30.9 Å². The Labute approximate surface area is 153 Å². The van der Waals surface area contributed by atoms with Gasteiger partial charge >= 0.3 is 0 Å². The van der Waals surface area contributed by atoms with E-state index in [9.17, 15) is 14.3 Å². The number of nitrogens with zero attached hydrogens (tertiary/aromatic N) is 1. The van der Waals surface area contributed by atoms with E-state index in [-0.39, 0.29) is 29.7 Å². The molecular weight excluding hydrogens is 339 g/mol. The van der Waals surface area contributed by atoms with Crippen molar-refractivity contribution in [2.45, 2.75) is 31.4 Å². The number of aliphatic hydroxyl groups is 1. The molecule has 1 saturated heterocycles. The zero-order valence-electron chi connectivity index (χ0n) is 15.1. The molecule has 0 radical (unpaired) electrons. The molecule has 1 aliphatic heterocycles. The summed E-state index contributed by atoms with van der Waals surface area (Å²) >= 11 is 0. The van der Waals surface area contributed by atoms with Crippen LogP contribution in [0.5, 0.6) is 5.75 Å². The lowest BCUT2D eigenvalue weighted by molar-refractivity contribution is -0.123. The molecule has 3 rings (SSSR count). The minimum Gasteiger partial charge on any atom is -0.494 e. The van der Waals surface area contributed by atoms with E-state index in [0.717, 1.165) is 13.1 Å². The quantitative estimate of drug-likeness (QED) is 0.765. The standard InChI is InChI=1S/C19H27FN2O4/c1-25-17-3-2-13(12-16(17)20)19(14-10-15(23)11-14)21-18(24)4-5-22-6-8-26-9-7-22/h2-3,12,14-15,19,23H,4-11H2,1H3,(H,21,24). The molecule has 6 nitrogen and oxygen atoms in total. The summed E-state index contributed by atoms with van der Waals surface area (Å²) in [6.07, 6.45) is 1.28. The van der Waals surface area contributed by atoms with Crippen LogP contribution in [-0.2, 0) is 9.53 Å². The Morgan fingerprint density at radius 1 is 1.42 bits per heavy atom. The molecule has 7 heteroatoms. The topological polar surface area (TPSA) is 71.0 Å². The van der Waals surface area contributed by atoms with Gasteiger partial charge in [0.2, 0.25) is 5.91 Å². The summed E-state index contributed by atoms with van der Waals surface area (Å²) in [7, 11) is 1.42. The van der Waals surface area contributed by atoms with Gasteiger partial charge in [-0.1, -0.05) is 6.07 Å². The number of carbonyl (C=O) groups is 1. The molecule has 1 aromatic rings. The van der Waals surface area contributed by atoms with Gasteiger partial charge < -0.3 is 19.9 Å². The number of morpholine rings is 1. The fraction of sp³-hybridized carbons (Fsp3) is 0.632. The predicted molar refractivity (Wildman–Crippen MR) is 94.4 cm³/mol. The Morgan fingerprint density at radius 2 is 2.15 bits per heavy atom. The molecule has 1 heterocycles. The minimum absolute atomic E-state index is 0.0564. The SMILES string of the molecule is COc1ccc(C(NC(=O)CCN2CCOCC2)C2CC(O)C2)cc1F. The average Bonchev–Trinajstić information content (AvgIpc) is 2.63. The van der Waals surface area contributed by atoms with Gasteiger partial charge in [0.05, 0.1) is 32.5 Å². The highest BCUT2D eigenvalue weighted by molar-refractivity contribution is 5.76. The van der Waals surface area contributed by atoms with Crippen LogP contribution in [0.15, 0.2) is 18.2 Å². The third-order valence-corrected chi connectivity index (χ3v) is 5.23. The van der Waals surface area contributed by atoms with Gasteiger partial charge in [-0.3, -0.25) is 9.69 Å². The van der Waals surface area contributed by atoms with Gasteiger partial charge in [0.15, 0.2) is 11.6 Å². The number of ether oxygens (including phenoxy) is 2. The number of nitrogens with one attached hydrogen (secondary N) is 1. The first-order valence-electron chi connectivity index (χ1n) is 9.17. The molecule has 144 valence electrons. The molecular formula is C19H27FN2O4. The van der Waals surface area contributed by atoms with Gasteiger partial charge in [-0.25, -0.2) is 4.39 Å². The highest BCUT2D eigenvalue weighted by atomic mass is 19.1. The Morgan fingerprint density at radius 3 is 2.77 bits per heavy atom. The largest absolute Gasteiger partial charge is 0.494 e. The first-order chi connectivity index (χ1) is 12.6. The molecule has 2 N–H and O–H groups in total. The maximum Gasteiger partial charge on any atom is 0.221 e. The van der Waals surface area contributed by atoms with E-state index >= 15 is 0 Å². The number of halogens is 1. The maximum absolute atomic E-state index is 14.1. The molecule has 2 aliphatic rings. The summed E-state index contributed by atoms with van der Waals surface area (Å²) in [5.41, 5.74) is 0.708. The zero-order chi connectivity index (χ0) is 18.5. The molecule has 26 heavy (non-hydrogen) atoms. The van der Waals surface area contributed by atoms with Gasteiger partial charge in [-0.05, 0) is 36.5 Å². The number of carbonyl (C=O) groups excluding carboxylic acids is 1. The van der Waals surface area contributed by atoms with Crippen LogP contribution >= 0.6 is 0 Å². The number of aliphatic hydroxyl groups excluding tert-OH is 1. The van der Waals surface area contributed by atoms with Crippen molar-refractivity contribution in [3.8, 4) is 5.75 Å². The highest BCUT2D eigenvalue weighted by Crippen LogP contribution is 2.39. The van der Waals surface area contributed by atoms with Gasteiger partial charge in [-0.2, -0.15) is 0 Å². The van der Waals surface area contributed by atoms with Crippen LogP contribution in [0.2, 0.25) is 0 Å². The second-order valence-electron chi connectivity index (χ2n) is 7.03. The Hall–Kier alpha value is -1.70. The summed E-state index contributed by atoms with van der Waals surface area (Å²) in [6, 6.07) is 4.47. The van der Waals surface area contributed by atoms with Crippen molar-refractivity contribution in [1.29, 1.82) is 0 Å². The molecule has 1 aromatic carbocycles. The van der Waals surface area contributed by atoms with Crippen LogP contribution in [-0.4, -0.2) is 62.0 Å². The van der Waals surface area contributed by atoms with Crippen LogP contribution in [0, 0.1) is 11.7 Å². The van der Waals surface area contributed by atoms with Crippen molar-refractivity contribution < 1.29 is 23.8 Å². The lowest BCUT2D eigenvalue weighted by atomic mass is 9.75. The summed E-state index contributed by atoms with van der Waals surface area (Å²) in [5, 5.41) is 12.7. The summed E-state index contributed by atoms with van der Waals surface area (Å²) in [4.78, 5) is 14.7. The van der Waals surface area contributed by atoms with Crippen LogP contribution < -0.4 is 10.1 Å². The molecule has 1 unspecified atom stereocenters. The first kappa shape index (κ1) is 19.1. The molecule has 1 aliphatic carbocycles. The number of benzene rings is 1. The number of methoxy groups -OCH3 is 1. The van der Waals surface area contributed by atoms with E-state index < -0.39 is 5.82 Å². The number of amides is 1. The van der Waals surface area contributed by atoms with E-state index in [2.05, 4.69) is 10.2 Å². The second kappa shape index (κ2) is 8.79. The van der Waals surface area contributed by atoms with E-state index in [1.54, 1.807) is 12.1 Å². The zero-order valence-corrected chi connectivity index (χ0v) is 15.1. The molecule has 0 aromatic heterocycles. The smallest absolute Gasteiger partial charge is 0.221 e. The average molecular weight is 366 g/mol. The lowest BCUT2D eigenvalue weighted by Gasteiger charge is -2.38. The van der Waals surface area contributed by atoms with Gasteiger partial charge in [0.25, 0.3) is 0 Å².